The Bertz CT molecular complexity index is 627. The van der Waals surface area contributed by atoms with Gasteiger partial charge < -0.3 is 14.4 Å². The molecule has 6 nitrogen and oxygen atoms in total. The maximum Gasteiger partial charge on any atom is 0.227 e. The number of nitrogens with one attached hydrogen (secondary N) is 1. The van der Waals surface area contributed by atoms with Gasteiger partial charge in [-0.3, -0.25) is 9.89 Å². The van der Waals surface area contributed by atoms with Crippen molar-refractivity contribution in [2.45, 2.75) is 12.5 Å². The summed E-state index contributed by atoms with van der Waals surface area (Å²) in [6.45, 7) is 1.65. The van der Waals surface area contributed by atoms with Gasteiger partial charge >= 0.3 is 0 Å². The Kier molecular flexibility index (Phi) is 4.39. The van der Waals surface area contributed by atoms with Crippen molar-refractivity contribution in [2.75, 3.05) is 26.9 Å². The quantitative estimate of drug-likeness (QED) is 0.930. The zero-order valence-electron chi connectivity index (χ0n) is 12.5. The molecule has 1 unspecified atom stereocenters. The summed E-state index contributed by atoms with van der Waals surface area (Å²) in [4.78, 5) is 14.5. The second-order valence-corrected chi connectivity index (χ2v) is 5.22. The fourth-order valence-electron chi connectivity index (χ4n) is 2.67. The molecule has 0 bridgehead atoms. The number of hydrogen-bond donors (Lipinski definition) is 1. The predicted octanol–water partition coefficient (Wildman–Crippen LogP) is 1.56. The number of ether oxygens (including phenoxy) is 2. The first-order chi connectivity index (χ1) is 10.8. The molecule has 0 saturated carbocycles. The summed E-state index contributed by atoms with van der Waals surface area (Å²) in [6.07, 6.45) is 2.04. The maximum atomic E-state index is 12.7. The van der Waals surface area contributed by atoms with E-state index in [9.17, 15) is 4.79 Å². The van der Waals surface area contributed by atoms with Gasteiger partial charge in [0.25, 0.3) is 0 Å². The fourth-order valence-corrected chi connectivity index (χ4v) is 2.67. The Labute approximate surface area is 129 Å². The lowest BCUT2D eigenvalue weighted by Crippen LogP contribution is -2.44. The second-order valence-electron chi connectivity index (χ2n) is 5.22. The molecule has 1 aromatic heterocycles. The number of morpholine rings is 1. The van der Waals surface area contributed by atoms with Crippen LogP contribution in [0.3, 0.4) is 0 Å². The van der Waals surface area contributed by atoms with Gasteiger partial charge in [-0.15, -0.1) is 0 Å². The number of aromatic nitrogens is 2. The molecule has 116 valence electrons. The highest BCUT2D eigenvalue weighted by Crippen LogP contribution is 2.23. The number of nitrogens with zero attached hydrogens (tertiary/aromatic N) is 2. The van der Waals surface area contributed by atoms with Crippen LogP contribution in [-0.4, -0.2) is 47.9 Å². The van der Waals surface area contributed by atoms with Gasteiger partial charge in [-0.1, -0.05) is 12.1 Å². The van der Waals surface area contributed by atoms with E-state index in [1.807, 2.05) is 35.2 Å². The van der Waals surface area contributed by atoms with E-state index in [0.29, 0.717) is 26.2 Å². The van der Waals surface area contributed by atoms with Gasteiger partial charge in [0.1, 0.15) is 5.75 Å². The van der Waals surface area contributed by atoms with Crippen LogP contribution in [0.4, 0.5) is 0 Å². The minimum Gasteiger partial charge on any atom is -0.497 e. The van der Waals surface area contributed by atoms with Gasteiger partial charge in [-0.25, -0.2) is 0 Å². The maximum absolute atomic E-state index is 12.7. The Hall–Kier alpha value is -2.34. The molecule has 2 heterocycles. The summed E-state index contributed by atoms with van der Waals surface area (Å²) >= 11 is 0. The number of carbonyl (C=O) groups excluding carboxylic acids is 1. The zero-order valence-corrected chi connectivity index (χ0v) is 12.5. The summed E-state index contributed by atoms with van der Waals surface area (Å²) in [5, 5.41) is 6.89. The average molecular weight is 301 g/mol. The number of amides is 1. The van der Waals surface area contributed by atoms with Crippen LogP contribution >= 0.6 is 0 Å². The summed E-state index contributed by atoms with van der Waals surface area (Å²) in [6, 6.07) is 9.37. The van der Waals surface area contributed by atoms with Crippen molar-refractivity contribution in [2.24, 2.45) is 0 Å². The van der Waals surface area contributed by atoms with Gasteiger partial charge in [-0.2, -0.15) is 5.10 Å². The van der Waals surface area contributed by atoms with Crippen LogP contribution in [0.15, 0.2) is 36.5 Å². The van der Waals surface area contributed by atoms with Crippen molar-refractivity contribution in [3.8, 4) is 5.75 Å². The van der Waals surface area contributed by atoms with Crippen LogP contribution in [0.2, 0.25) is 0 Å². The Balaban J connectivity index is 1.74. The van der Waals surface area contributed by atoms with Gasteiger partial charge in [0.2, 0.25) is 5.91 Å². The molecule has 0 spiro atoms. The van der Waals surface area contributed by atoms with Crippen molar-refractivity contribution in [3.05, 3.63) is 47.8 Å². The van der Waals surface area contributed by atoms with Crippen molar-refractivity contribution in [1.82, 2.24) is 15.1 Å². The van der Waals surface area contributed by atoms with Crippen LogP contribution in [0, 0.1) is 0 Å². The SMILES string of the molecule is COc1cccc(CC(=O)N2CCOCC2c2ccn[nH]2)c1. The van der Waals surface area contributed by atoms with Gasteiger partial charge in [0, 0.05) is 12.7 Å². The minimum absolute atomic E-state index is 0.0798. The number of H-pyrrole nitrogens is 1. The highest BCUT2D eigenvalue weighted by atomic mass is 16.5. The summed E-state index contributed by atoms with van der Waals surface area (Å²) in [5.74, 6) is 0.841. The summed E-state index contributed by atoms with van der Waals surface area (Å²) < 4.78 is 10.7. The van der Waals surface area contributed by atoms with Crippen LogP contribution in [-0.2, 0) is 16.0 Å². The molecule has 1 amide bonds. The van der Waals surface area contributed by atoms with Crippen LogP contribution in [0.25, 0.3) is 0 Å². The van der Waals surface area contributed by atoms with Crippen molar-refractivity contribution >= 4 is 5.91 Å². The standard InChI is InChI=1S/C16H19N3O3/c1-21-13-4-2-3-12(9-13)10-16(20)19-7-8-22-11-15(19)14-5-6-17-18-14/h2-6,9,15H,7-8,10-11H2,1H3,(H,17,18). The highest BCUT2D eigenvalue weighted by Gasteiger charge is 2.29. The molecule has 1 N–H and O–H groups in total. The van der Waals surface area contributed by atoms with Gasteiger partial charge in [0.15, 0.2) is 0 Å². The molecule has 1 atom stereocenters. The number of aromatic amines is 1. The van der Waals surface area contributed by atoms with Gasteiger partial charge in [-0.05, 0) is 23.8 Å². The van der Waals surface area contributed by atoms with E-state index in [1.165, 1.54) is 0 Å². The first kappa shape index (κ1) is 14.6. The molecule has 1 saturated heterocycles. The monoisotopic (exact) mass is 301 g/mol. The molecule has 1 aliphatic rings. The molecule has 1 fully saturated rings. The number of methoxy groups -OCH3 is 1. The lowest BCUT2D eigenvalue weighted by molar-refractivity contribution is -0.139. The van der Waals surface area contributed by atoms with Crippen LogP contribution in [0.5, 0.6) is 5.75 Å². The lowest BCUT2D eigenvalue weighted by atomic mass is 10.1. The average Bonchev–Trinajstić information content (AvgIpc) is 3.09. The van der Waals surface area contributed by atoms with Crippen LogP contribution in [0.1, 0.15) is 17.3 Å². The molecule has 0 aliphatic carbocycles. The highest BCUT2D eigenvalue weighted by molar-refractivity contribution is 5.79. The molecule has 1 aromatic carbocycles. The number of benzene rings is 1. The normalized spacial score (nSPS) is 18.2. The molecular weight excluding hydrogens is 282 g/mol. The van der Waals surface area contributed by atoms with E-state index in [4.69, 9.17) is 9.47 Å². The van der Waals surface area contributed by atoms with E-state index in [0.717, 1.165) is 17.0 Å². The fraction of sp³-hybridized carbons (Fsp3) is 0.375. The predicted molar refractivity (Wildman–Crippen MR) is 80.6 cm³/mol. The van der Waals surface area contributed by atoms with E-state index < -0.39 is 0 Å². The zero-order chi connectivity index (χ0) is 15.4. The molecule has 6 heteroatoms. The van der Waals surface area contributed by atoms with E-state index in [-0.39, 0.29) is 11.9 Å². The Morgan fingerprint density at radius 2 is 2.41 bits per heavy atom. The van der Waals surface area contributed by atoms with Gasteiger partial charge in [0.05, 0.1) is 38.5 Å². The van der Waals surface area contributed by atoms with Crippen molar-refractivity contribution in [3.63, 3.8) is 0 Å². The second kappa shape index (κ2) is 6.62. The summed E-state index contributed by atoms with van der Waals surface area (Å²) in [7, 11) is 1.62. The topological polar surface area (TPSA) is 67.4 Å². The Morgan fingerprint density at radius 3 is 3.18 bits per heavy atom. The lowest BCUT2D eigenvalue weighted by Gasteiger charge is -2.35. The Morgan fingerprint density at radius 1 is 1.50 bits per heavy atom. The van der Waals surface area contributed by atoms with Crippen molar-refractivity contribution in [1.29, 1.82) is 0 Å². The minimum atomic E-state index is -0.102. The van der Waals surface area contributed by atoms with E-state index in [2.05, 4.69) is 10.2 Å². The largest absolute Gasteiger partial charge is 0.497 e. The molecular formula is C16H19N3O3. The summed E-state index contributed by atoms with van der Waals surface area (Å²) in [5.41, 5.74) is 1.85. The third kappa shape index (κ3) is 3.12. The number of carbonyl (C=O) groups is 1. The molecule has 22 heavy (non-hydrogen) atoms. The smallest absolute Gasteiger partial charge is 0.227 e. The van der Waals surface area contributed by atoms with Crippen molar-refractivity contribution < 1.29 is 14.3 Å². The third-order valence-corrected chi connectivity index (χ3v) is 3.82. The third-order valence-electron chi connectivity index (χ3n) is 3.82. The van der Waals surface area contributed by atoms with Crippen LogP contribution < -0.4 is 4.74 Å². The molecule has 1 aliphatic heterocycles. The molecule has 3 rings (SSSR count). The molecule has 0 radical (unpaired) electrons. The number of rotatable bonds is 4. The first-order valence-electron chi connectivity index (χ1n) is 7.27. The molecule has 2 aromatic rings. The van der Waals surface area contributed by atoms with E-state index in [1.54, 1.807) is 13.3 Å². The number of hydrogen-bond acceptors (Lipinski definition) is 4. The first-order valence-corrected chi connectivity index (χ1v) is 7.27. The van der Waals surface area contributed by atoms with E-state index >= 15 is 0 Å².